The van der Waals surface area contributed by atoms with Crippen molar-refractivity contribution in [1.82, 2.24) is 0 Å². The monoisotopic (exact) mass is 294 g/mol. The molecule has 0 rings (SSSR count). The van der Waals surface area contributed by atoms with Crippen molar-refractivity contribution in [2.45, 2.75) is 57.7 Å². The molecule has 0 aromatic rings. The highest BCUT2D eigenvalue weighted by Gasteiger charge is 2.15. The van der Waals surface area contributed by atoms with Gasteiger partial charge >= 0.3 is 0 Å². The summed E-state index contributed by atoms with van der Waals surface area (Å²) >= 11 is 0. The minimum atomic E-state index is -2.13. The molecular formula is C18H30O3. The molecule has 0 saturated heterocycles. The molecule has 0 aliphatic rings. The largest absolute Gasteiger partial charge is 0.390 e. The van der Waals surface area contributed by atoms with E-state index in [1.54, 1.807) is 12.2 Å². The predicted octanol–water partition coefficient (Wildman–Crippen LogP) is 3.64. The van der Waals surface area contributed by atoms with Crippen molar-refractivity contribution in [2.24, 2.45) is 0 Å². The molecule has 3 N–H and O–H groups in total. The quantitative estimate of drug-likeness (QED) is 0.292. The molecule has 0 aromatic heterocycles. The van der Waals surface area contributed by atoms with E-state index in [-0.39, 0.29) is 0 Å². The molecule has 0 saturated carbocycles. The van der Waals surface area contributed by atoms with Gasteiger partial charge in [0, 0.05) is 0 Å². The number of rotatable bonds is 12. The van der Waals surface area contributed by atoms with Gasteiger partial charge in [-0.2, -0.15) is 0 Å². The Morgan fingerprint density at radius 3 is 2.00 bits per heavy atom. The van der Waals surface area contributed by atoms with E-state index < -0.39 is 12.4 Å². The highest BCUT2D eigenvalue weighted by molar-refractivity contribution is 5.16. The molecule has 0 bridgehead atoms. The molecule has 3 nitrogen and oxygen atoms in total. The van der Waals surface area contributed by atoms with Gasteiger partial charge in [0.05, 0.1) is 0 Å². The zero-order chi connectivity index (χ0) is 15.8. The van der Waals surface area contributed by atoms with Crippen molar-refractivity contribution in [2.75, 3.05) is 6.61 Å². The van der Waals surface area contributed by atoms with Crippen molar-refractivity contribution >= 4 is 0 Å². The lowest BCUT2D eigenvalue weighted by molar-refractivity contribution is -0.146. The second-order valence-electron chi connectivity index (χ2n) is 5.15. The van der Waals surface area contributed by atoms with Crippen LogP contribution in [0.25, 0.3) is 0 Å². The van der Waals surface area contributed by atoms with E-state index in [1.165, 1.54) is 44.6 Å². The summed E-state index contributed by atoms with van der Waals surface area (Å²) in [6.45, 7) is 1.52. The molecule has 0 amide bonds. The summed E-state index contributed by atoms with van der Waals surface area (Å²) in [5.41, 5.74) is 0. The zero-order valence-electron chi connectivity index (χ0n) is 13.1. The van der Waals surface area contributed by atoms with Crippen LogP contribution in [0, 0.1) is 0 Å². The summed E-state index contributed by atoms with van der Waals surface area (Å²) in [6.07, 6.45) is 23.1. The van der Waals surface area contributed by atoms with Gasteiger partial charge in [0.1, 0.15) is 6.61 Å². The van der Waals surface area contributed by atoms with Crippen LogP contribution >= 0.6 is 0 Å². The van der Waals surface area contributed by atoms with Gasteiger partial charge in [-0.1, -0.05) is 81.6 Å². The summed E-state index contributed by atoms with van der Waals surface area (Å²) in [4.78, 5) is 0. The van der Waals surface area contributed by atoms with Crippen LogP contribution in [0.1, 0.15) is 51.9 Å². The molecule has 120 valence electrons. The van der Waals surface area contributed by atoms with Crippen LogP contribution in [-0.2, 0) is 0 Å². The third-order valence-corrected chi connectivity index (χ3v) is 3.01. The number of aliphatic hydroxyl groups excluding tert-OH is 1. The van der Waals surface area contributed by atoms with E-state index in [0.29, 0.717) is 0 Å². The van der Waals surface area contributed by atoms with Gasteiger partial charge in [0.15, 0.2) is 0 Å². The first kappa shape index (κ1) is 19.8. The Morgan fingerprint density at radius 2 is 1.33 bits per heavy atom. The summed E-state index contributed by atoms with van der Waals surface area (Å²) in [7, 11) is 0. The Hall–Kier alpha value is -1.16. The maximum atomic E-state index is 9.07. The van der Waals surface area contributed by atoms with Crippen molar-refractivity contribution in [3.05, 3.63) is 48.6 Å². The van der Waals surface area contributed by atoms with E-state index in [4.69, 9.17) is 15.3 Å². The van der Waals surface area contributed by atoms with Gasteiger partial charge < -0.3 is 15.3 Å². The summed E-state index contributed by atoms with van der Waals surface area (Å²) < 4.78 is 0. The average molecular weight is 294 g/mol. The molecule has 0 aliphatic heterocycles. The molecule has 3 heteroatoms. The van der Waals surface area contributed by atoms with Gasteiger partial charge in [-0.25, -0.2) is 0 Å². The van der Waals surface area contributed by atoms with Crippen molar-refractivity contribution < 1.29 is 15.3 Å². The van der Waals surface area contributed by atoms with Gasteiger partial charge in [0.25, 0.3) is 0 Å². The number of aliphatic hydroxyl groups is 3. The number of hydrogen-bond donors (Lipinski definition) is 3. The Balaban J connectivity index is 3.60. The Labute approximate surface area is 129 Å². The van der Waals surface area contributed by atoms with Crippen LogP contribution in [0.2, 0.25) is 0 Å². The second-order valence-corrected chi connectivity index (χ2v) is 5.15. The first-order chi connectivity index (χ1) is 10.1. The molecule has 0 atom stereocenters. The third kappa shape index (κ3) is 15.1. The fourth-order valence-electron chi connectivity index (χ4n) is 1.74. The molecule has 0 radical (unpaired) electrons. The van der Waals surface area contributed by atoms with Gasteiger partial charge in [0.2, 0.25) is 5.79 Å². The third-order valence-electron chi connectivity index (χ3n) is 3.01. The predicted molar refractivity (Wildman–Crippen MR) is 88.8 cm³/mol. The van der Waals surface area contributed by atoms with E-state index in [0.717, 1.165) is 12.5 Å². The van der Waals surface area contributed by atoms with Crippen LogP contribution in [0.5, 0.6) is 0 Å². The van der Waals surface area contributed by atoms with E-state index in [2.05, 4.69) is 13.0 Å². The molecule has 21 heavy (non-hydrogen) atoms. The molecule has 0 unspecified atom stereocenters. The van der Waals surface area contributed by atoms with Gasteiger partial charge in [-0.15, -0.1) is 0 Å². The number of unbranched alkanes of at least 4 members (excludes halogenated alkanes) is 6. The lowest BCUT2D eigenvalue weighted by atomic mass is 10.1. The molecule has 0 fully saturated rings. The van der Waals surface area contributed by atoms with Crippen LogP contribution in [-0.4, -0.2) is 27.7 Å². The van der Waals surface area contributed by atoms with Crippen LogP contribution in [0.4, 0.5) is 0 Å². The van der Waals surface area contributed by atoms with Crippen LogP contribution in [0.15, 0.2) is 48.6 Å². The molecule has 0 aromatic carbocycles. The maximum absolute atomic E-state index is 9.07. The Bertz CT molecular complexity index is 338. The van der Waals surface area contributed by atoms with Crippen LogP contribution < -0.4 is 0 Å². The lowest BCUT2D eigenvalue weighted by Crippen LogP contribution is -2.29. The summed E-state index contributed by atoms with van der Waals surface area (Å²) in [5, 5.41) is 26.7. The fourth-order valence-corrected chi connectivity index (χ4v) is 1.74. The van der Waals surface area contributed by atoms with E-state index >= 15 is 0 Å². The highest BCUT2D eigenvalue weighted by Crippen LogP contribution is 2.07. The summed E-state index contributed by atoms with van der Waals surface area (Å²) in [5.74, 6) is -2.13. The first-order valence-electron chi connectivity index (χ1n) is 7.85. The van der Waals surface area contributed by atoms with Gasteiger partial charge in [-0.3, -0.25) is 0 Å². The SMILES string of the molecule is CCCCCCCCC=CC=CC=CC=CC(O)(O)CO. The number of hydrogen-bond acceptors (Lipinski definition) is 3. The van der Waals surface area contributed by atoms with Crippen molar-refractivity contribution in [1.29, 1.82) is 0 Å². The zero-order valence-corrected chi connectivity index (χ0v) is 13.1. The smallest absolute Gasteiger partial charge is 0.207 e. The topological polar surface area (TPSA) is 60.7 Å². The molecule has 0 heterocycles. The second kappa shape index (κ2) is 13.8. The highest BCUT2D eigenvalue weighted by atomic mass is 16.5. The normalized spacial score (nSPS) is 13.5. The van der Waals surface area contributed by atoms with E-state index in [1.807, 2.05) is 18.2 Å². The molecule has 0 spiro atoms. The minimum absolute atomic E-state index is 0.714. The van der Waals surface area contributed by atoms with Crippen LogP contribution in [0.3, 0.4) is 0 Å². The van der Waals surface area contributed by atoms with E-state index in [9.17, 15) is 0 Å². The fraction of sp³-hybridized carbons (Fsp3) is 0.556. The average Bonchev–Trinajstić information content (AvgIpc) is 2.47. The standard InChI is InChI=1S/C18H30O3/c1-2-3-4-5-6-7-8-9-10-11-12-13-14-15-16-18(20,21)17-19/h9-16,19-21H,2-8,17H2,1H3. The Kier molecular flexibility index (Phi) is 13.0. The molecule has 0 aliphatic carbocycles. The van der Waals surface area contributed by atoms with Crippen molar-refractivity contribution in [3.63, 3.8) is 0 Å². The maximum Gasteiger partial charge on any atom is 0.207 e. The molecular weight excluding hydrogens is 264 g/mol. The summed E-state index contributed by atoms with van der Waals surface area (Å²) in [6, 6.07) is 0. The van der Waals surface area contributed by atoms with Gasteiger partial charge in [-0.05, 0) is 18.9 Å². The Morgan fingerprint density at radius 1 is 0.762 bits per heavy atom. The number of allylic oxidation sites excluding steroid dienone is 7. The lowest BCUT2D eigenvalue weighted by Gasteiger charge is -2.11. The van der Waals surface area contributed by atoms with Crippen molar-refractivity contribution in [3.8, 4) is 0 Å². The first-order valence-corrected chi connectivity index (χ1v) is 7.85. The minimum Gasteiger partial charge on any atom is -0.390 e.